The summed E-state index contributed by atoms with van der Waals surface area (Å²) in [5.74, 6) is -0.237. The van der Waals surface area contributed by atoms with Crippen LogP contribution in [0.3, 0.4) is 0 Å². The molecule has 0 atom stereocenters. The van der Waals surface area contributed by atoms with Crippen molar-refractivity contribution in [2.24, 2.45) is 5.11 Å². The summed E-state index contributed by atoms with van der Waals surface area (Å²) >= 11 is 0. The molecule has 6 nitrogen and oxygen atoms in total. The zero-order valence-electron chi connectivity index (χ0n) is 8.54. The van der Waals surface area contributed by atoms with Crippen molar-refractivity contribution in [2.45, 2.75) is 6.42 Å². The Morgan fingerprint density at radius 1 is 1.44 bits per heavy atom. The van der Waals surface area contributed by atoms with Crippen LogP contribution in [0.1, 0.15) is 5.56 Å². The van der Waals surface area contributed by atoms with E-state index in [0.717, 1.165) is 5.56 Å². The fraction of sp³-hybridized carbons (Fsp3) is 0.300. The highest BCUT2D eigenvalue weighted by atomic mass is 16.5. The van der Waals surface area contributed by atoms with Gasteiger partial charge in [-0.05, 0) is 23.2 Å². The summed E-state index contributed by atoms with van der Waals surface area (Å²) in [5.41, 5.74) is 8.75. The highest BCUT2D eigenvalue weighted by Crippen LogP contribution is 2.12. The van der Waals surface area contributed by atoms with Gasteiger partial charge in [0.15, 0.2) is 0 Å². The number of hydrogen-bond acceptors (Lipinski definition) is 3. The number of carboxylic acid groups (broad SMARTS) is 1. The summed E-state index contributed by atoms with van der Waals surface area (Å²) in [5, 5.41) is 11.9. The van der Waals surface area contributed by atoms with Gasteiger partial charge in [0.05, 0.1) is 19.6 Å². The van der Waals surface area contributed by atoms with Gasteiger partial charge in [0.25, 0.3) is 0 Å². The average molecular weight is 221 g/mol. The highest BCUT2D eigenvalue weighted by molar-refractivity contribution is 5.70. The average Bonchev–Trinajstić information content (AvgIpc) is 2.26. The Morgan fingerprint density at radius 2 is 2.12 bits per heavy atom. The number of nitrogens with zero attached hydrogens (tertiary/aromatic N) is 3. The lowest BCUT2D eigenvalue weighted by Gasteiger charge is -2.04. The molecule has 6 heteroatoms. The Morgan fingerprint density at radius 3 is 2.69 bits per heavy atom. The van der Waals surface area contributed by atoms with Crippen LogP contribution >= 0.6 is 0 Å². The molecule has 0 saturated heterocycles. The fourth-order valence-corrected chi connectivity index (χ4v) is 1.13. The second-order valence-corrected chi connectivity index (χ2v) is 3.02. The first-order chi connectivity index (χ1) is 7.72. The van der Waals surface area contributed by atoms with Gasteiger partial charge in [0, 0.05) is 4.91 Å². The molecule has 1 rings (SSSR count). The lowest BCUT2D eigenvalue weighted by atomic mass is 10.1. The zero-order chi connectivity index (χ0) is 11.8. The first-order valence-corrected chi connectivity index (χ1v) is 4.67. The van der Waals surface area contributed by atoms with Crippen LogP contribution < -0.4 is 4.74 Å². The van der Waals surface area contributed by atoms with E-state index in [1.165, 1.54) is 0 Å². The largest absolute Gasteiger partial charge is 0.493 e. The maximum atomic E-state index is 10.4. The van der Waals surface area contributed by atoms with Gasteiger partial charge in [0.2, 0.25) is 0 Å². The lowest BCUT2D eigenvalue weighted by Crippen LogP contribution is -2.02. The molecule has 1 N–H and O–H groups in total. The molecule has 0 bridgehead atoms. The number of carboxylic acids is 1. The molecule has 0 aliphatic rings. The molecule has 0 aliphatic carbocycles. The van der Waals surface area contributed by atoms with Gasteiger partial charge in [-0.3, -0.25) is 4.79 Å². The first-order valence-electron chi connectivity index (χ1n) is 4.67. The molecule has 84 valence electrons. The number of carbonyl (C=O) groups is 1. The molecule has 0 spiro atoms. The number of aliphatic carboxylic acids is 1. The van der Waals surface area contributed by atoms with Crippen molar-refractivity contribution in [1.82, 2.24) is 0 Å². The summed E-state index contributed by atoms with van der Waals surface area (Å²) in [6.45, 7) is 0.579. The van der Waals surface area contributed by atoms with Crippen LogP contribution in [-0.4, -0.2) is 24.2 Å². The molecular weight excluding hydrogens is 210 g/mol. The van der Waals surface area contributed by atoms with E-state index in [2.05, 4.69) is 10.0 Å². The maximum Gasteiger partial charge on any atom is 0.307 e. The Hall–Kier alpha value is -2.20. The van der Waals surface area contributed by atoms with Crippen molar-refractivity contribution in [2.75, 3.05) is 13.2 Å². The van der Waals surface area contributed by atoms with E-state index in [9.17, 15) is 4.79 Å². The zero-order valence-corrected chi connectivity index (χ0v) is 8.54. The molecular formula is C10H11N3O3. The third-order valence-corrected chi connectivity index (χ3v) is 1.80. The van der Waals surface area contributed by atoms with Crippen LogP contribution in [0.15, 0.2) is 29.4 Å². The molecule has 0 saturated carbocycles. The Labute approximate surface area is 92.1 Å². The smallest absolute Gasteiger partial charge is 0.307 e. The van der Waals surface area contributed by atoms with Crippen molar-refractivity contribution in [1.29, 1.82) is 0 Å². The van der Waals surface area contributed by atoms with E-state index >= 15 is 0 Å². The van der Waals surface area contributed by atoms with Crippen molar-refractivity contribution >= 4 is 5.97 Å². The maximum absolute atomic E-state index is 10.4. The molecule has 0 radical (unpaired) electrons. The molecule has 0 fully saturated rings. The van der Waals surface area contributed by atoms with E-state index in [-0.39, 0.29) is 13.0 Å². The van der Waals surface area contributed by atoms with E-state index in [1.807, 2.05) is 0 Å². The van der Waals surface area contributed by atoms with E-state index in [4.69, 9.17) is 15.4 Å². The number of ether oxygens (including phenoxy) is 1. The standard InChI is InChI=1S/C10H11N3O3/c11-13-12-5-6-16-9-3-1-8(2-4-9)7-10(14)15/h1-4H,5-7H2,(H,14,15). The summed E-state index contributed by atoms with van der Waals surface area (Å²) in [6, 6.07) is 6.76. The third kappa shape index (κ3) is 4.34. The van der Waals surface area contributed by atoms with Crippen LogP contribution in [-0.2, 0) is 11.2 Å². The van der Waals surface area contributed by atoms with Crippen LogP contribution in [0.25, 0.3) is 10.4 Å². The quantitative estimate of drug-likeness (QED) is 0.344. The van der Waals surface area contributed by atoms with Crippen LogP contribution in [0, 0.1) is 0 Å². The SMILES string of the molecule is [N-]=[N+]=NCCOc1ccc(CC(=O)O)cc1. The summed E-state index contributed by atoms with van der Waals surface area (Å²) in [4.78, 5) is 13.0. The van der Waals surface area contributed by atoms with Crippen molar-refractivity contribution in [3.8, 4) is 5.75 Å². The van der Waals surface area contributed by atoms with Crippen molar-refractivity contribution in [3.63, 3.8) is 0 Å². The molecule has 0 unspecified atom stereocenters. The van der Waals surface area contributed by atoms with Gasteiger partial charge in [-0.15, -0.1) is 0 Å². The predicted octanol–water partition coefficient (Wildman–Crippen LogP) is 2.00. The van der Waals surface area contributed by atoms with Crippen molar-refractivity contribution in [3.05, 3.63) is 40.3 Å². The monoisotopic (exact) mass is 221 g/mol. The highest BCUT2D eigenvalue weighted by Gasteiger charge is 2.00. The van der Waals surface area contributed by atoms with Gasteiger partial charge in [-0.25, -0.2) is 0 Å². The van der Waals surface area contributed by atoms with Crippen molar-refractivity contribution < 1.29 is 14.6 Å². The second kappa shape index (κ2) is 6.31. The summed E-state index contributed by atoms with van der Waals surface area (Å²) in [7, 11) is 0. The molecule has 1 aromatic carbocycles. The minimum Gasteiger partial charge on any atom is -0.493 e. The fourth-order valence-electron chi connectivity index (χ4n) is 1.13. The molecule has 0 aliphatic heterocycles. The normalized spacial score (nSPS) is 9.25. The van der Waals surface area contributed by atoms with Gasteiger partial charge in [0.1, 0.15) is 5.75 Å². The predicted molar refractivity (Wildman–Crippen MR) is 57.3 cm³/mol. The molecule has 0 aromatic heterocycles. The van der Waals surface area contributed by atoms with Gasteiger partial charge in [-0.2, -0.15) is 0 Å². The molecule has 0 amide bonds. The molecule has 16 heavy (non-hydrogen) atoms. The minimum atomic E-state index is -0.864. The van der Waals surface area contributed by atoms with Crippen LogP contribution in [0.5, 0.6) is 5.75 Å². The van der Waals surface area contributed by atoms with Gasteiger partial charge < -0.3 is 9.84 Å². The molecule has 0 heterocycles. The Kier molecular flexibility index (Phi) is 4.69. The van der Waals surface area contributed by atoms with Gasteiger partial charge in [-0.1, -0.05) is 17.2 Å². The number of azide groups is 1. The van der Waals surface area contributed by atoms with Crippen LogP contribution in [0.2, 0.25) is 0 Å². The van der Waals surface area contributed by atoms with E-state index in [0.29, 0.717) is 12.4 Å². The minimum absolute atomic E-state index is 0.000986. The third-order valence-electron chi connectivity index (χ3n) is 1.80. The number of hydrogen-bond donors (Lipinski definition) is 1. The number of rotatable bonds is 6. The van der Waals surface area contributed by atoms with Crippen LogP contribution in [0.4, 0.5) is 0 Å². The molecule has 1 aromatic rings. The van der Waals surface area contributed by atoms with E-state index < -0.39 is 5.97 Å². The van der Waals surface area contributed by atoms with E-state index in [1.54, 1.807) is 24.3 Å². The second-order valence-electron chi connectivity index (χ2n) is 3.02. The topological polar surface area (TPSA) is 95.3 Å². The first kappa shape index (κ1) is 11.9. The van der Waals surface area contributed by atoms with Gasteiger partial charge >= 0.3 is 5.97 Å². The Bertz CT molecular complexity index is 396. The Balaban J connectivity index is 2.44. The number of benzene rings is 1. The lowest BCUT2D eigenvalue weighted by molar-refractivity contribution is -0.136. The summed E-state index contributed by atoms with van der Waals surface area (Å²) in [6.07, 6.45) is -0.000986. The summed E-state index contributed by atoms with van der Waals surface area (Å²) < 4.78 is 5.26.